The van der Waals surface area contributed by atoms with Crippen LogP contribution in [0.2, 0.25) is 0 Å². The van der Waals surface area contributed by atoms with Gasteiger partial charge < -0.3 is 15.1 Å². The molecule has 3 aromatic rings. The Bertz CT molecular complexity index is 1750. The number of aromatic nitrogens is 4. The van der Waals surface area contributed by atoms with Gasteiger partial charge in [-0.25, -0.2) is 9.97 Å². The van der Waals surface area contributed by atoms with E-state index in [1.54, 1.807) is 0 Å². The van der Waals surface area contributed by atoms with E-state index in [9.17, 15) is 9.90 Å². The molecule has 0 saturated carbocycles. The Labute approximate surface area is 256 Å². The van der Waals surface area contributed by atoms with Crippen molar-refractivity contribution in [2.45, 2.75) is 64.9 Å². The molecule has 5 rings (SSSR count). The number of aliphatic carboxylic acids is 1. The quantitative estimate of drug-likeness (QED) is 0.208. The van der Waals surface area contributed by atoms with Crippen molar-refractivity contribution in [3.05, 3.63) is 69.8 Å². The third kappa shape index (κ3) is 5.57. The van der Waals surface area contributed by atoms with Gasteiger partial charge in [-0.3, -0.25) is 4.79 Å². The molecular weight excluding hydrogens is 580 g/mol. The van der Waals surface area contributed by atoms with Crippen molar-refractivity contribution in [3.63, 3.8) is 0 Å². The van der Waals surface area contributed by atoms with E-state index in [1.807, 2.05) is 51.1 Å². The number of rotatable bonds is 5. The second-order valence-electron chi connectivity index (χ2n) is 10.4. The number of hydrogen-bond acceptors (Lipinski definition) is 5. The number of nitrogens with zero attached hydrogens (tertiary/aromatic N) is 4. The van der Waals surface area contributed by atoms with Gasteiger partial charge in [-0.2, -0.15) is 25.3 Å². The van der Waals surface area contributed by atoms with Gasteiger partial charge in [-0.15, -0.1) is 22.1 Å². The summed E-state index contributed by atoms with van der Waals surface area (Å²) in [5.41, 5.74) is 13.7. The molecule has 8 bridgehead atoms. The summed E-state index contributed by atoms with van der Waals surface area (Å²) in [4.78, 5) is 31.3. The number of allylic oxidation sites excluding steroid dienone is 3. The first-order chi connectivity index (χ1) is 18.4. The summed E-state index contributed by atoms with van der Waals surface area (Å²) in [5, 5.41) is 9.33. The van der Waals surface area contributed by atoms with Gasteiger partial charge in [-0.1, -0.05) is 41.5 Å². The Morgan fingerprint density at radius 3 is 2.10 bits per heavy atom. The topological polar surface area (TPSA) is 91.3 Å². The summed E-state index contributed by atoms with van der Waals surface area (Å²) in [6, 6.07) is 10.0. The smallest absolute Gasteiger partial charge is 0.658 e. The van der Waals surface area contributed by atoms with Gasteiger partial charge in [0.25, 0.3) is 0 Å². The fraction of sp³-hybridized carbons (Fsp3) is 0.323. The largest absolute Gasteiger partial charge is 2.00 e. The first kappa shape index (κ1) is 30.3. The van der Waals surface area contributed by atoms with Crippen LogP contribution in [0.5, 0.6) is 0 Å². The number of thiol groups is 2. The Morgan fingerprint density at radius 2 is 1.45 bits per heavy atom. The molecule has 0 saturated heterocycles. The zero-order valence-electron chi connectivity index (χ0n) is 23.3. The normalized spacial score (nSPS) is 14.8. The first-order valence-corrected chi connectivity index (χ1v) is 14.1. The molecule has 0 spiro atoms. The Balaban J connectivity index is 0.00000370. The van der Waals surface area contributed by atoms with Gasteiger partial charge in [0.15, 0.2) is 0 Å². The molecule has 40 heavy (non-hydrogen) atoms. The molecule has 5 heterocycles. The maximum absolute atomic E-state index is 11.4. The van der Waals surface area contributed by atoms with E-state index in [1.165, 1.54) is 0 Å². The van der Waals surface area contributed by atoms with Crippen molar-refractivity contribution in [1.29, 1.82) is 0 Å². The molecule has 3 aromatic heterocycles. The molecule has 208 valence electrons. The minimum atomic E-state index is -0.836. The van der Waals surface area contributed by atoms with Gasteiger partial charge >= 0.3 is 23.0 Å². The third-order valence-corrected chi connectivity index (χ3v) is 8.06. The van der Waals surface area contributed by atoms with Crippen molar-refractivity contribution in [1.82, 2.24) is 19.9 Å². The summed E-state index contributed by atoms with van der Waals surface area (Å²) in [6.45, 7) is 12.3. The first-order valence-electron chi connectivity index (χ1n) is 13.1. The average molecular weight is 613 g/mol. The van der Waals surface area contributed by atoms with Gasteiger partial charge in [0.2, 0.25) is 0 Å². The third-order valence-electron chi connectivity index (χ3n) is 7.54. The zero-order valence-corrected chi connectivity index (χ0v) is 26.2. The fourth-order valence-corrected chi connectivity index (χ4v) is 6.15. The van der Waals surface area contributed by atoms with Gasteiger partial charge in [0.05, 0.1) is 22.8 Å². The Hall–Kier alpha value is -2.71. The summed E-state index contributed by atoms with van der Waals surface area (Å²) >= 11 is 9.56. The molecule has 1 N–H and O–H groups in total. The number of carboxylic acids is 1. The van der Waals surface area contributed by atoms with Gasteiger partial charge in [-0.05, 0) is 75.8 Å². The minimum Gasteiger partial charge on any atom is -0.658 e. The molecule has 0 aromatic carbocycles. The zero-order chi connectivity index (χ0) is 28.2. The molecule has 0 radical (unpaired) electrons. The van der Waals surface area contributed by atoms with Gasteiger partial charge in [0.1, 0.15) is 0 Å². The fourth-order valence-electron chi connectivity index (χ4n) is 5.50. The standard InChI is InChI=1S/C31H33N4O2S2.Fe/c1-14-9-20-10-26-21(7-8-29(36)37)15(2)23(33-26)12-24-16(3)31(19(6)39)28(34-24)13-25-17(4)30(18(5)38)27(35-25)11-22(14)32-20;/h9-13,18-19H,7-8H2,1-6H3,(H4-,32,33,34,35,36,37,38,39);/q-1;+2/p-1/t18-,19-;/m0./s1. The van der Waals surface area contributed by atoms with E-state index in [0.29, 0.717) is 6.42 Å². The van der Waals surface area contributed by atoms with Crippen LogP contribution in [0.4, 0.5) is 0 Å². The van der Waals surface area contributed by atoms with E-state index < -0.39 is 5.97 Å². The summed E-state index contributed by atoms with van der Waals surface area (Å²) in [6.07, 6.45) is 0.419. The monoisotopic (exact) mass is 612 g/mol. The van der Waals surface area contributed by atoms with Crippen LogP contribution < -0.4 is 9.97 Å². The molecule has 2 atom stereocenters. The van der Waals surface area contributed by atoms with Crippen molar-refractivity contribution in [3.8, 4) is 0 Å². The van der Waals surface area contributed by atoms with E-state index in [4.69, 9.17) is 45.2 Å². The molecule has 0 unspecified atom stereocenters. The number of aryl methyl sites for hydroxylation is 2. The average Bonchev–Trinajstić information content (AvgIpc) is 3.52. The Kier molecular flexibility index (Phi) is 8.81. The van der Waals surface area contributed by atoms with E-state index in [-0.39, 0.29) is 34.0 Å². The predicted octanol–water partition coefficient (Wildman–Crippen LogP) is 7.22. The van der Waals surface area contributed by atoms with E-state index in [0.717, 1.165) is 83.8 Å². The van der Waals surface area contributed by atoms with Crippen LogP contribution in [-0.2, 0) is 21.9 Å². The molecule has 0 fully saturated rings. The molecule has 9 heteroatoms. The second kappa shape index (κ2) is 11.6. The maximum atomic E-state index is 11.4. The summed E-state index contributed by atoms with van der Waals surface area (Å²) in [7, 11) is 0. The van der Waals surface area contributed by atoms with Crippen LogP contribution in [0, 0.1) is 13.8 Å². The molecule has 0 aliphatic carbocycles. The van der Waals surface area contributed by atoms with Crippen LogP contribution in [0.25, 0.3) is 44.4 Å². The van der Waals surface area contributed by atoms with Crippen LogP contribution in [0.1, 0.15) is 85.3 Å². The summed E-state index contributed by atoms with van der Waals surface area (Å²) < 4.78 is 0. The predicted molar refractivity (Wildman–Crippen MR) is 166 cm³/mol. The van der Waals surface area contributed by atoms with Crippen LogP contribution in [0.15, 0.2) is 30.3 Å². The minimum absolute atomic E-state index is 0. The summed E-state index contributed by atoms with van der Waals surface area (Å²) in [5.74, 6) is -0.836. The van der Waals surface area contributed by atoms with Crippen LogP contribution >= 0.6 is 25.3 Å². The van der Waals surface area contributed by atoms with E-state index >= 15 is 0 Å². The van der Waals surface area contributed by atoms with Gasteiger partial charge in [0, 0.05) is 16.9 Å². The van der Waals surface area contributed by atoms with Crippen LogP contribution in [0.3, 0.4) is 0 Å². The number of carboxylic acid groups (broad SMARTS) is 1. The number of carbonyl (C=O) groups is 1. The van der Waals surface area contributed by atoms with Crippen molar-refractivity contribution < 1.29 is 27.0 Å². The van der Waals surface area contributed by atoms with Crippen molar-refractivity contribution in [2.24, 2.45) is 0 Å². The van der Waals surface area contributed by atoms with Crippen molar-refractivity contribution >= 4 is 75.6 Å². The number of hydrogen-bond donors (Lipinski definition) is 3. The molecular formula is C31H32FeN4O2S2. The molecule has 2 aliphatic heterocycles. The Morgan fingerprint density at radius 1 is 0.825 bits per heavy atom. The second-order valence-corrected chi connectivity index (χ2v) is 11.9. The molecule has 2 aliphatic rings. The van der Waals surface area contributed by atoms with Crippen LogP contribution in [-0.4, -0.2) is 26.3 Å². The SMILES string of the molecule is CC1=C(CCC(=O)O)c2cc3cc(C)c(cc4nc(cc5[n-]c(cc1n2)c(C)c5[C@H](C)S)C(C)=C4[C@H](C)S)[n-]3.[Fe+2]. The molecule has 6 nitrogen and oxygen atoms in total. The van der Waals surface area contributed by atoms with E-state index in [2.05, 4.69) is 20.8 Å². The maximum Gasteiger partial charge on any atom is 2.00 e. The van der Waals surface area contributed by atoms with Crippen molar-refractivity contribution in [2.75, 3.05) is 0 Å². The molecule has 0 amide bonds. The number of fused-ring (bicyclic) bond motifs is 8.